The van der Waals surface area contributed by atoms with Crippen LogP contribution in [-0.4, -0.2) is 50.8 Å². The van der Waals surface area contributed by atoms with Crippen LogP contribution >= 0.6 is 24.0 Å². The van der Waals surface area contributed by atoms with Crippen molar-refractivity contribution in [2.75, 3.05) is 39.9 Å². The van der Waals surface area contributed by atoms with Crippen molar-refractivity contribution < 1.29 is 4.74 Å². The molecule has 1 aromatic carbocycles. The fraction of sp³-hybridized carbons (Fsp3) is 0.650. The second-order valence-electron chi connectivity index (χ2n) is 6.70. The van der Waals surface area contributed by atoms with Gasteiger partial charge in [0.1, 0.15) is 0 Å². The molecule has 142 valence electrons. The molecule has 1 aliphatic rings. The number of aliphatic imine (C=N–C) groups is 1. The van der Waals surface area contributed by atoms with Crippen molar-refractivity contribution in [3.8, 4) is 0 Å². The second kappa shape index (κ2) is 11.7. The summed E-state index contributed by atoms with van der Waals surface area (Å²) in [7, 11) is 2.14. The van der Waals surface area contributed by atoms with Gasteiger partial charge in [0.05, 0.1) is 6.54 Å². The Kier molecular flexibility index (Phi) is 10.4. The molecule has 0 bridgehead atoms. The van der Waals surface area contributed by atoms with E-state index in [0.29, 0.717) is 0 Å². The van der Waals surface area contributed by atoms with Crippen molar-refractivity contribution in [2.45, 2.75) is 44.9 Å². The summed E-state index contributed by atoms with van der Waals surface area (Å²) < 4.78 is 5.63. The van der Waals surface area contributed by atoms with Crippen LogP contribution < -0.4 is 5.32 Å². The van der Waals surface area contributed by atoms with Crippen molar-refractivity contribution in [3.05, 3.63) is 35.9 Å². The summed E-state index contributed by atoms with van der Waals surface area (Å²) in [6.07, 6.45) is 4.48. The molecule has 1 aliphatic heterocycles. The zero-order valence-corrected chi connectivity index (χ0v) is 18.3. The highest BCUT2D eigenvalue weighted by Gasteiger charge is 2.34. The lowest BCUT2D eigenvalue weighted by molar-refractivity contribution is 0.0530. The molecular formula is C20H34IN3O. The Bertz CT molecular complexity index is 501. The highest BCUT2D eigenvalue weighted by molar-refractivity contribution is 14.0. The minimum Gasteiger partial charge on any atom is -0.381 e. The van der Waals surface area contributed by atoms with Crippen LogP contribution in [0.15, 0.2) is 35.3 Å². The average Bonchev–Trinajstić information content (AvgIpc) is 2.64. The van der Waals surface area contributed by atoms with E-state index in [-0.39, 0.29) is 29.4 Å². The molecule has 0 spiro atoms. The first-order valence-corrected chi connectivity index (χ1v) is 9.34. The smallest absolute Gasteiger partial charge is 0.193 e. The SMILES string of the molecule is CCCCN(C)C(=NCC1(c2ccccc2)CCOCC1)NCC.I. The van der Waals surface area contributed by atoms with Gasteiger partial charge in [-0.05, 0) is 31.7 Å². The van der Waals surface area contributed by atoms with Crippen LogP contribution in [0, 0.1) is 0 Å². The Morgan fingerprint density at radius 2 is 1.88 bits per heavy atom. The first kappa shape index (κ1) is 22.2. The maximum absolute atomic E-state index is 5.63. The molecule has 0 saturated carbocycles. The van der Waals surface area contributed by atoms with Crippen molar-refractivity contribution in [3.63, 3.8) is 0 Å². The van der Waals surface area contributed by atoms with Crippen molar-refractivity contribution >= 4 is 29.9 Å². The fourth-order valence-corrected chi connectivity index (χ4v) is 3.29. The van der Waals surface area contributed by atoms with E-state index >= 15 is 0 Å². The largest absolute Gasteiger partial charge is 0.381 e. The van der Waals surface area contributed by atoms with E-state index in [0.717, 1.165) is 51.6 Å². The number of benzene rings is 1. The maximum Gasteiger partial charge on any atom is 0.193 e. The number of hydrogen-bond donors (Lipinski definition) is 1. The Balaban J connectivity index is 0.00000312. The summed E-state index contributed by atoms with van der Waals surface area (Å²) in [5.41, 5.74) is 1.50. The summed E-state index contributed by atoms with van der Waals surface area (Å²) in [4.78, 5) is 7.27. The van der Waals surface area contributed by atoms with Gasteiger partial charge in [0.15, 0.2) is 5.96 Å². The lowest BCUT2D eigenvalue weighted by Gasteiger charge is -2.37. The highest BCUT2D eigenvalue weighted by Crippen LogP contribution is 2.35. The van der Waals surface area contributed by atoms with Crippen LogP contribution in [0.4, 0.5) is 0 Å². The third-order valence-corrected chi connectivity index (χ3v) is 4.91. The van der Waals surface area contributed by atoms with Crippen LogP contribution in [0.5, 0.6) is 0 Å². The molecule has 25 heavy (non-hydrogen) atoms. The number of unbranched alkanes of at least 4 members (excludes halogenated alkanes) is 1. The molecule has 0 aliphatic carbocycles. The van der Waals surface area contributed by atoms with Gasteiger partial charge < -0.3 is 15.0 Å². The third-order valence-electron chi connectivity index (χ3n) is 4.91. The maximum atomic E-state index is 5.63. The summed E-state index contributed by atoms with van der Waals surface area (Å²) in [6, 6.07) is 10.8. The molecule has 4 nitrogen and oxygen atoms in total. The number of nitrogens with zero attached hydrogens (tertiary/aromatic N) is 2. The molecule has 1 fully saturated rings. The van der Waals surface area contributed by atoms with E-state index in [9.17, 15) is 0 Å². The lowest BCUT2D eigenvalue weighted by atomic mass is 9.74. The van der Waals surface area contributed by atoms with Crippen LogP contribution in [0.25, 0.3) is 0 Å². The minimum atomic E-state index is 0. The lowest BCUT2D eigenvalue weighted by Crippen LogP contribution is -2.42. The highest BCUT2D eigenvalue weighted by atomic mass is 127. The molecule has 1 saturated heterocycles. The fourth-order valence-electron chi connectivity index (χ4n) is 3.29. The Morgan fingerprint density at radius 3 is 2.48 bits per heavy atom. The van der Waals surface area contributed by atoms with Gasteiger partial charge in [0.25, 0.3) is 0 Å². The molecule has 2 rings (SSSR count). The zero-order valence-electron chi connectivity index (χ0n) is 16.0. The number of halogens is 1. The van der Waals surface area contributed by atoms with E-state index in [4.69, 9.17) is 9.73 Å². The summed E-state index contributed by atoms with van der Waals surface area (Å²) >= 11 is 0. The van der Waals surface area contributed by atoms with Gasteiger partial charge in [-0.2, -0.15) is 0 Å². The Hall–Kier alpha value is -0.820. The van der Waals surface area contributed by atoms with Gasteiger partial charge in [0.2, 0.25) is 0 Å². The van der Waals surface area contributed by atoms with Crippen molar-refractivity contribution in [1.82, 2.24) is 10.2 Å². The van der Waals surface area contributed by atoms with Crippen LogP contribution in [0.3, 0.4) is 0 Å². The van der Waals surface area contributed by atoms with Crippen LogP contribution in [0.2, 0.25) is 0 Å². The molecule has 1 heterocycles. The first-order valence-electron chi connectivity index (χ1n) is 9.34. The predicted octanol–water partition coefficient (Wildman–Crippen LogP) is 4.05. The number of hydrogen-bond acceptors (Lipinski definition) is 2. The topological polar surface area (TPSA) is 36.9 Å². The van der Waals surface area contributed by atoms with E-state index in [2.05, 4.69) is 61.4 Å². The minimum absolute atomic E-state index is 0. The summed E-state index contributed by atoms with van der Waals surface area (Å²) in [5.74, 6) is 1.02. The quantitative estimate of drug-likeness (QED) is 0.380. The molecule has 1 aromatic rings. The van der Waals surface area contributed by atoms with Gasteiger partial charge in [-0.3, -0.25) is 4.99 Å². The molecule has 1 N–H and O–H groups in total. The number of nitrogens with one attached hydrogen (secondary N) is 1. The monoisotopic (exact) mass is 459 g/mol. The second-order valence-corrected chi connectivity index (χ2v) is 6.70. The Labute approximate surface area is 170 Å². The van der Waals surface area contributed by atoms with Gasteiger partial charge in [-0.1, -0.05) is 43.7 Å². The van der Waals surface area contributed by atoms with Crippen molar-refractivity contribution in [2.24, 2.45) is 4.99 Å². The molecule has 5 heteroatoms. The number of ether oxygens (including phenoxy) is 1. The number of rotatable bonds is 7. The standard InChI is InChI=1S/C20H33N3O.HI/c1-4-6-14-23(3)19(21-5-2)22-17-20(12-15-24-16-13-20)18-10-8-7-9-11-18;/h7-11H,4-6,12-17H2,1-3H3,(H,21,22);1H. The van der Waals surface area contributed by atoms with E-state index in [1.165, 1.54) is 18.4 Å². The molecule has 0 atom stereocenters. The molecule has 0 radical (unpaired) electrons. The average molecular weight is 459 g/mol. The van der Waals surface area contributed by atoms with E-state index in [1.807, 2.05) is 0 Å². The van der Waals surface area contributed by atoms with E-state index in [1.54, 1.807) is 0 Å². The Morgan fingerprint density at radius 1 is 1.20 bits per heavy atom. The van der Waals surface area contributed by atoms with Gasteiger partial charge in [-0.25, -0.2) is 0 Å². The van der Waals surface area contributed by atoms with Gasteiger partial charge >= 0.3 is 0 Å². The van der Waals surface area contributed by atoms with Crippen LogP contribution in [-0.2, 0) is 10.2 Å². The normalized spacial score (nSPS) is 16.8. The van der Waals surface area contributed by atoms with Crippen molar-refractivity contribution in [1.29, 1.82) is 0 Å². The zero-order chi connectivity index (χ0) is 17.3. The van der Waals surface area contributed by atoms with E-state index < -0.39 is 0 Å². The number of guanidine groups is 1. The van der Waals surface area contributed by atoms with Crippen LogP contribution in [0.1, 0.15) is 45.1 Å². The molecular weight excluding hydrogens is 425 g/mol. The predicted molar refractivity (Wildman–Crippen MR) is 117 cm³/mol. The molecule has 0 unspecified atom stereocenters. The van der Waals surface area contributed by atoms with Gasteiger partial charge in [-0.15, -0.1) is 24.0 Å². The summed E-state index contributed by atoms with van der Waals surface area (Å²) in [5, 5.41) is 3.44. The van der Waals surface area contributed by atoms with Gasteiger partial charge in [0, 0.05) is 38.8 Å². The summed E-state index contributed by atoms with van der Waals surface area (Å²) in [6.45, 7) is 8.77. The third kappa shape index (κ3) is 6.44. The molecule has 0 aromatic heterocycles. The first-order chi connectivity index (χ1) is 11.7. The molecule has 0 amide bonds.